The second-order valence-corrected chi connectivity index (χ2v) is 13.4. The summed E-state index contributed by atoms with van der Waals surface area (Å²) >= 11 is 0. The molecule has 0 N–H and O–H groups in total. The summed E-state index contributed by atoms with van der Waals surface area (Å²) in [6.45, 7) is 18.6. The fourth-order valence-corrected chi connectivity index (χ4v) is 6.05. The highest BCUT2D eigenvalue weighted by Crippen LogP contribution is 2.15. The van der Waals surface area contributed by atoms with Gasteiger partial charge in [-0.25, -0.2) is 0 Å². The van der Waals surface area contributed by atoms with Crippen LogP contribution in [0, 0.1) is 0 Å². The quantitative estimate of drug-likeness (QED) is 0.506. The average Bonchev–Trinajstić information content (AvgIpc) is 2.98. The van der Waals surface area contributed by atoms with E-state index in [4.69, 9.17) is 18.9 Å². The highest BCUT2D eigenvalue weighted by molar-refractivity contribution is 5.23. The van der Waals surface area contributed by atoms with Gasteiger partial charge in [-0.05, 0) is 85.5 Å². The maximum atomic E-state index is 6.56. The molecule has 0 aliphatic carbocycles. The van der Waals surface area contributed by atoms with Crippen LogP contribution in [0.4, 0.5) is 0 Å². The summed E-state index contributed by atoms with van der Waals surface area (Å²) < 4.78 is 24.8. The lowest BCUT2D eigenvalue weighted by molar-refractivity contribution is -0.00562. The van der Waals surface area contributed by atoms with Gasteiger partial charge in [0.15, 0.2) is 0 Å². The van der Waals surface area contributed by atoms with Crippen molar-refractivity contribution in [3.8, 4) is 0 Å². The van der Waals surface area contributed by atoms with E-state index in [1.54, 1.807) is 0 Å². The molecule has 9 nitrogen and oxygen atoms in total. The Hall–Kier alpha value is -1.14. The van der Waals surface area contributed by atoms with Gasteiger partial charge in [-0.2, -0.15) is 0 Å². The molecule has 9 heteroatoms. The molecule has 44 heavy (non-hydrogen) atoms. The van der Waals surface area contributed by atoms with Crippen LogP contribution in [0.2, 0.25) is 0 Å². The van der Waals surface area contributed by atoms with Crippen LogP contribution >= 0.6 is 0 Å². The first-order valence-electron chi connectivity index (χ1n) is 17.2. The van der Waals surface area contributed by atoms with Gasteiger partial charge in [-0.1, -0.05) is 30.7 Å². The van der Waals surface area contributed by atoms with E-state index in [0.29, 0.717) is 13.2 Å². The molecule has 0 spiro atoms. The van der Waals surface area contributed by atoms with E-state index in [-0.39, 0.29) is 18.3 Å². The van der Waals surface area contributed by atoms with Crippen LogP contribution in [0.15, 0.2) is 24.3 Å². The van der Waals surface area contributed by atoms with Crippen molar-refractivity contribution < 1.29 is 18.9 Å². The lowest BCUT2D eigenvalue weighted by atomic mass is 10.0. The predicted octanol–water partition coefficient (Wildman–Crippen LogP) is 3.17. The van der Waals surface area contributed by atoms with Crippen LogP contribution in [-0.2, 0) is 31.9 Å². The van der Waals surface area contributed by atoms with Gasteiger partial charge < -0.3 is 38.5 Å². The minimum absolute atomic E-state index is 0.125. The zero-order valence-electron chi connectivity index (χ0n) is 29.1. The highest BCUT2D eigenvalue weighted by Gasteiger charge is 2.17. The lowest BCUT2D eigenvalue weighted by Gasteiger charge is -2.28. The van der Waals surface area contributed by atoms with Crippen molar-refractivity contribution >= 4 is 0 Å². The SMILES string of the molecule is CC1CN(C)CCOCCN(C)CCOC(C)CN(C)CCOC(Cc2ccc(CN3CCCCC3)cc2)CN(C)CCO1. The maximum Gasteiger partial charge on any atom is 0.0742 e. The van der Waals surface area contributed by atoms with Crippen molar-refractivity contribution in [3.05, 3.63) is 35.4 Å². The third kappa shape index (κ3) is 16.4. The topological polar surface area (TPSA) is 53.1 Å². The first-order valence-corrected chi connectivity index (χ1v) is 17.2. The van der Waals surface area contributed by atoms with Crippen molar-refractivity contribution in [1.82, 2.24) is 24.5 Å². The van der Waals surface area contributed by atoms with Gasteiger partial charge in [0.1, 0.15) is 0 Å². The molecule has 2 saturated heterocycles. The van der Waals surface area contributed by atoms with Crippen LogP contribution in [0.25, 0.3) is 0 Å². The molecule has 0 radical (unpaired) electrons. The number of rotatable bonds is 4. The van der Waals surface area contributed by atoms with Crippen molar-refractivity contribution in [2.45, 2.75) is 64.4 Å². The first-order chi connectivity index (χ1) is 21.3. The Kier molecular flexibility index (Phi) is 18.3. The minimum Gasteiger partial charge on any atom is -0.379 e. The van der Waals surface area contributed by atoms with Crippen molar-refractivity contribution in [2.24, 2.45) is 0 Å². The molecule has 254 valence electrons. The van der Waals surface area contributed by atoms with Crippen molar-refractivity contribution in [1.29, 1.82) is 0 Å². The monoisotopic (exact) mass is 620 g/mol. The highest BCUT2D eigenvalue weighted by atomic mass is 16.5. The molecule has 0 saturated carbocycles. The van der Waals surface area contributed by atoms with Gasteiger partial charge in [-0.3, -0.25) is 4.90 Å². The van der Waals surface area contributed by atoms with Crippen LogP contribution in [0.1, 0.15) is 44.2 Å². The number of hydrogen-bond acceptors (Lipinski definition) is 9. The molecule has 3 unspecified atom stereocenters. The first kappa shape index (κ1) is 37.3. The van der Waals surface area contributed by atoms with E-state index < -0.39 is 0 Å². The third-order valence-corrected chi connectivity index (χ3v) is 8.81. The Balaban J connectivity index is 1.55. The summed E-state index contributed by atoms with van der Waals surface area (Å²) in [5, 5.41) is 0. The second-order valence-electron chi connectivity index (χ2n) is 13.4. The third-order valence-electron chi connectivity index (χ3n) is 8.81. The van der Waals surface area contributed by atoms with Crippen LogP contribution in [-0.4, -0.2) is 169 Å². The fourth-order valence-electron chi connectivity index (χ4n) is 6.05. The largest absolute Gasteiger partial charge is 0.379 e. The van der Waals surface area contributed by atoms with Gasteiger partial charge in [0.25, 0.3) is 0 Å². The number of ether oxygens (including phenoxy) is 4. The van der Waals surface area contributed by atoms with Gasteiger partial charge in [-0.15, -0.1) is 0 Å². The smallest absolute Gasteiger partial charge is 0.0742 e. The normalized spacial score (nSPS) is 28.0. The van der Waals surface area contributed by atoms with E-state index in [9.17, 15) is 0 Å². The summed E-state index contributed by atoms with van der Waals surface area (Å²) in [6.07, 6.45) is 5.44. The molecular weight excluding hydrogens is 554 g/mol. The van der Waals surface area contributed by atoms with E-state index in [2.05, 4.69) is 90.8 Å². The Morgan fingerprint density at radius 3 is 1.64 bits per heavy atom. The molecular formula is C35H65N5O4. The summed E-state index contributed by atoms with van der Waals surface area (Å²) in [5.41, 5.74) is 2.76. The Labute approximate surface area is 269 Å². The Morgan fingerprint density at radius 2 is 1.02 bits per heavy atom. The van der Waals surface area contributed by atoms with E-state index in [1.165, 1.54) is 43.5 Å². The minimum atomic E-state index is 0.125. The molecule has 2 aliphatic heterocycles. The zero-order chi connectivity index (χ0) is 31.6. The number of likely N-dealkylation sites (tertiary alicyclic amines) is 1. The van der Waals surface area contributed by atoms with Crippen molar-refractivity contribution in [2.75, 3.05) is 127 Å². The van der Waals surface area contributed by atoms with Crippen LogP contribution in [0.3, 0.4) is 0 Å². The van der Waals surface area contributed by atoms with E-state index in [0.717, 1.165) is 85.1 Å². The van der Waals surface area contributed by atoms with Crippen LogP contribution in [0.5, 0.6) is 0 Å². The number of hydrogen-bond donors (Lipinski definition) is 0. The Morgan fingerprint density at radius 1 is 0.545 bits per heavy atom. The number of likely N-dealkylation sites (N-methyl/N-ethyl adjacent to an activating group) is 4. The molecule has 3 atom stereocenters. The van der Waals surface area contributed by atoms with Gasteiger partial charge in [0.2, 0.25) is 0 Å². The maximum absolute atomic E-state index is 6.56. The molecule has 2 heterocycles. The van der Waals surface area contributed by atoms with E-state index in [1.807, 2.05) is 0 Å². The number of nitrogens with zero attached hydrogens (tertiary/aromatic N) is 5. The molecule has 0 aromatic heterocycles. The lowest BCUT2D eigenvalue weighted by Crippen LogP contribution is -2.38. The number of benzene rings is 1. The standard InChI is InChI=1S/C35H65N5O4/c1-31-27-37(4)17-22-41-21-16-36(3)18-23-42-32(2)28-38(5)20-25-44-35(30-39(6)19-24-43-31)26-33-10-12-34(13-11-33)29-40-14-8-7-9-15-40/h10-13,31-32,35H,7-9,14-30H2,1-6H3. The van der Waals surface area contributed by atoms with Gasteiger partial charge in [0.05, 0.1) is 51.3 Å². The predicted molar refractivity (Wildman–Crippen MR) is 181 cm³/mol. The molecule has 3 rings (SSSR count). The molecule has 2 fully saturated rings. The zero-order valence-corrected chi connectivity index (χ0v) is 29.1. The second kappa shape index (κ2) is 21.6. The van der Waals surface area contributed by atoms with Gasteiger partial charge in [0, 0.05) is 58.9 Å². The van der Waals surface area contributed by atoms with E-state index >= 15 is 0 Å². The van der Waals surface area contributed by atoms with Crippen molar-refractivity contribution in [3.63, 3.8) is 0 Å². The molecule has 0 amide bonds. The van der Waals surface area contributed by atoms with Gasteiger partial charge >= 0.3 is 0 Å². The molecule has 0 bridgehead atoms. The summed E-state index contributed by atoms with van der Waals surface area (Å²) in [7, 11) is 8.62. The summed E-state index contributed by atoms with van der Waals surface area (Å²) in [5.74, 6) is 0. The summed E-state index contributed by atoms with van der Waals surface area (Å²) in [6, 6.07) is 9.25. The molecule has 1 aromatic rings. The molecule has 2 aliphatic rings. The van der Waals surface area contributed by atoms with Crippen LogP contribution < -0.4 is 0 Å². The average molecular weight is 620 g/mol. The number of piperidine rings is 1. The Bertz CT molecular complexity index is 856. The summed E-state index contributed by atoms with van der Waals surface area (Å²) in [4.78, 5) is 11.8. The molecule has 1 aromatic carbocycles. The fraction of sp³-hybridized carbons (Fsp3) is 0.829.